The average molecular weight is 324 g/mol. The normalized spacial score (nSPS) is 21.3. The van der Waals surface area contributed by atoms with Crippen LogP contribution in [0.5, 0.6) is 0 Å². The molecule has 1 heterocycles. The van der Waals surface area contributed by atoms with Crippen LogP contribution >= 0.6 is 0 Å². The van der Waals surface area contributed by atoms with Crippen molar-refractivity contribution < 1.29 is 9.47 Å². The van der Waals surface area contributed by atoms with Gasteiger partial charge in [0.1, 0.15) is 0 Å². The molecule has 2 aromatic carbocycles. The Kier molecular flexibility index (Phi) is 5.70. The lowest BCUT2D eigenvalue weighted by atomic mass is 9.89. The van der Waals surface area contributed by atoms with Gasteiger partial charge in [-0.15, -0.1) is 0 Å². The van der Waals surface area contributed by atoms with Crippen LogP contribution < -0.4 is 0 Å². The van der Waals surface area contributed by atoms with Crippen molar-refractivity contribution >= 4 is 0 Å². The second kappa shape index (κ2) is 7.96. The fourth-order valence-corrected chi connectivity index (χ4v) is 3.77. The first kappa shape index (κ1) is 17.2. The summed E-state index contributed by atoms with van der Waals surface area (Å²) < 4.78 is 13.0. The van der Waals surface area contributed by atoms with Crippen LogP contribution in [0, 0.1) is 5.92 Å². The van der Waals surface area contributed by atoms with Gasteiger partial charge < -0.3 is 9.47 Å². The van der Waals surface area contributed by atoms with Crippen LogP contribution in [-0.4, -0.2) is 12.7 Å². The van der Waals surface area contributed by atoms with Gasteiger partial charge in [-0.1, -0.05) is 87.4 Å². The Balaban J connectivity index is 1.99. The number of ether oxygens (including phenoxy) is 2. The first-order chi connectivity index (χ1) is 11.8. The van der Waals surface area contributed by atoms with Crippen LogP contribution in [-0.2, 0) is 15.3 Å². The molecule has 0 bridgehead atoms. The van der Waals surface area contributed by atoms with Crippen molar-refractivity contribution in [2.45, 2.75) is 51.4 Å². The van der Waals surface area contributed by atoms with Crippen LogP contribution in [0.4, 0.5) is 0 Å². The fourth-order valence-electron chi connectivity index (χ4n) is 3.77. The first-order valence-electron chi connectivity index (χ1n) is 9.23. The van der Waals surface area contributed by atoms with Crippen LogP contribution in [0.3, 0.4) is 0 Å². The molecule has 0 aliphatic carbocycles. The minimum absolute atomic E-state index is 0.240. The zero-order valence-electron chi connectivity index (χ0n) is 14.8. The standard InChI is InChI=1S/C22H28O2/c1-3-11-18(4-2)21-16-17-23-22(24-21,19-12-7-5-8-13-19)20-14-9-6-10-15-20/h5-10,12-15,18,21H,3-4,11,16-17H2,1-2H3. The van der Waals surface area contributed by atoms with Gasteiger partial charge in [-0.05, 0) is 18.8 Å². The lowest BCUT2D eigenvalue weighted by Gasteiger charge is -2.44. The Morgan fingerprint density at radius 2 is 1.54 bits per heavy atom. The van der Waals surface area contributed by atoms with Gasteiger partial charge in [0.2, 0.25) is 5.79 Å². The molecular weight excluding hydrogens is 296 g/mol. The Labute approximate surface area is 145 Å². The van der Waals surface area contributed by atoms with Gasteiger partial charge in [0.25, 0.3) is 0 Å². The molecule has 2 heteroatoms. The lowest BCUT2D eigenvalue weighted by molar-refractivity contribution is -0.288. The number of hydrogen-bond donors (Lipinski definition) is 0. The SMILES string of the molecule is CCCC(CC)C1CCOC(c2ccccc2)(c2ccccc2)O1. The summed E-state index contributed by atoms with van der Waals surface area (Å²) in [4.78, 5) is 0. The molecule has 128 valence electrons. The van der Waals surface area contributed by atoms with E-state index < -0.39 is 5.79 Å². The van der Waals surface area contributed by atoms with E-state index in [4.69, 9.17) is 9.47 Å². The third kappa shape index (κ3) is 3.40. The molecule has 24 heavy (non-hydrogen) atoms. The Hall–Kier alpha value is -1.64. The second-order valence-electron chi connectivity index (χ2n) is 6.60. The van der Waals surface area contributed by atoms with Gasteiger partial charge in [-0.2, -0.15) is 0 Å². The third-order valence-electron chi connectivity index (χ3n) is 5.04. The summed E-state index contributed by atoms with van der Waals surface area (Å²) in [6, 6.07) is 20.7. The molecule has 2 atom stereocenters. The largest absolute Gasteiger partial charge is 0.342 e. The van der Waals surface area contributed by atoms with Gasteiger partial charge in [-0.25, -0.2) is 0 Å². The number of rotatable bonds is 6. The highest BCUT2D eigenvalue weighted by Crippen LogP contribution is 2.42. The van der Waals surface area contributed by atoms with Gasteiger partial charge in [0, 0.05) is 11.1 Å². The zero-order valence-corrected chi connectivity index (χ0v) is 14.8. The van der Waals surface area contributed by atoms with Gasteiger partial charge in [-0.3, -0.25) is 0 Å². The summed E-state index contributed by atoms with van der Waals surface area (Å²) in [6.07, 6.45) is 4.77. The van der Waals surface area contributed by atoms with E-state index >= 15 is 0 Å². The van der Waals surface area contributed by atoms with Crippen molar-refractivity contribution in [3.63, 3.8) is 0 Å². The molecule has 2 nitrogen and oxygen atoms in total. The van der Waals surface area contributed by atoms with Crippen LogP contribution in [0.15, 0.2) is 60.7 Å². The van der Waals surface area contributed by atoms with E-state index in [1.165, 1.54) is 12.8 Å². The summed E-state index contributed by atoms with van der Waals surface area (Å²) in [5, 5.41) is 0. The van der Waals surface area contributed by atoms with Crippen molar-refractivity contribution in [3.05, 3.63) is 71.8 Å². The number of benzene rings is 2. The molecule has 1 aliphatic rings. The zero-order chi connectivity index (χ0) is 16.8. The average Bonchev–Trinajstić information content (AvgIpc) is 2.67. The number of hydrogen-bond acceptors (Lipinski definition) is 2. The molecular formula is C22H28O2. The highest BCUT2D eigenvalue weighted by Gasteiger charge is 2.43. The van der Waals surface area contributed by atoms with Gasteiger partial charge in [0.05, 0.1) is 12.7 Å². The van der Waals surface area contributed by atoms with Crippen LogP contribution in [0.25, 0.3) is 0 Å². The van der Waals surface area contributed by atoms with Crippen molar-refractivity contribution in [3.8, 4) is 0 Å². The van der Waals surface area contributed by atoms with E-state index in [2.05, 4.69) is 62.4 Å². The predicted molar refractivity (Wildman–Crippen MR) is 97.8 cm³/mol. The Morgan fingerprint density at radius 3 is 2.04 bits per heavy atom. The molecule has 0 radical (unpaired) electrons. The monoisotopic (exact) mass is 324 g/mol. The highest BCUT2D eigenvalue weighted by atomic mass is 16.7. The Morgan fingerprint density at radius 1 is 0.958 bits per heavy atom. The van der Waals surface area contributed by atoms with Crippen molar-refractivity contribution in [2.75, 3.05) is 6.61 Å². The summed E-state index contributed by atoms with van der Waals surface area (Å²) in [5.41, 5.74) is 2.15. The molecule has 1 aliphatic heterocycles. The van der Waals surface area contributed by atoms with E-state index in [-0.39, 0.29) is 6.10 Å². The minimum atomic E-state index is -0.785. The summed E-state index contributed by atoms with van der Waals surface area (Å²) in [7, 11) is 0. The van der Waals surface area contributed by atoms with Crippen molar-refractivity contribution in [2.24, 2.45) is 5.92 Å². The van der Waals surface area contributed by atoms with Crippen molar-refractivity contribution in [1.29, 1.82) is 0 Å². The minimum Gasteiger partial charge on any atom is -0.342 e. The molecule has 1 fully saturated rings. The van der Waals surface area contributed by atoms with E-state index in [0.29, 0.717) is 5.92 Å². The summed E-state index contributed by atoms with van der Waals surface area (Å²) in [5.74, 6) is -0.197. The smallest absolute Gasteiger partial charge is 0.222 e. The maximum atomic E-state index is 6.73. The highest BCUT2D eigenvalue weighted by molar-refractivity contribution is 5.34. The van der Waals surface area contributed by atoms with Crippen molar-refractivity contribution in [1.82, 2.24) is 0 Å². The molecule has 1 saturated heterocycles. The predicted octanol–water partition coefficient (Wildman–Crippen LogP) is 5.52. The van der Waals surface area contributed by atoms with E-state index in [1.54, 1.807) is 0 Å². The molecule has 0 spiro atoms. The molecule has 0 aromatic heterocycles. The summed E-state index contributed by atoms with van der Waals surface area (Å²) >= 11 is 0. The topological polar surface area (TPSA) is 18.5 Å². The molecule has 0 N–H and O–H groups in total. The quantitative estimate of drug-likeness (QED) is 0.696. The molecule has 0 saturated carbocycles. The van der Waals surface area contributed by atoms with E-state index in [1.807, 2.05) is 12.1 Å². The Bertz CT molecular complexity index is 569. The molecule has 3 rings (SSSR count). The third-order valence-corrected chi connectivity index (χ3v) is 5.04. The fraction of sp³-hybridized carbons (Fsp3) is 0.455. The van der Waals surface area contributed by atoms with Gasteiger partial charge in [0.15, 0.2) is 0 Å². The molecule has 2 aromatic rings. The molecule has 0 amide bonds. The maximum Gasteiger partial charge on any atom is 0.222 e. The van der Waals surface area contributed by atoms with E-state index in [9.17, 15) is 0 Å². The molecule has 2 unspecified atom stereocenters. The van der Waals surface area contributed by atoms with E-state index in [0.717, 1.165) is 30.6 Å². The second-order valence-corrected chi connectivity index (χ2v) is 6.60. The van der Waals surface area contributed by atoms with Gasteiger partial charge >= 0.3 is 0 Å². The summed E-state index contributed by atoms with van der Waals surface area (Å²) in [6.45, 7) is 5.25. The van der Waals surface area contributed by atoms with Crippen LogP contribution in [0.2, 0.25) is 0 Å². The first-order valence-corrected chi connectivity index (χ1v) is 9.23. The lowest BCUT2D eigenvalue weighted by Crippen LogP contribution is -2.45. The van der Waals surface area contributed by atoms with Crippen LogP contribution in [0.1, 0.15) is 50.7 Å². The maximum absolute atomic E-state index is 6.73.